The number of carbonyl (C=O) groups is 1. The monoisotopic (exact) mass is 467 g/mol. The Morgan fingerprint density at radius 2 is 1.47 bits per heavy atom. The number of fused-ring (bicyclic) bond motifs is 3. The van der Waals surface area contributed by atoms with Gasteiger partial charge in [0.2, 0.25) is 0 Å². The van der Waals surface area contributed by atoms with Crippen LogP contribution < -0.4 is 4.90 Å². The van der Waals surface area contributed by atoms with Crippen LogP contribution in [-0.2, 0) is 4.79 Å². The Morgan fingerprint density at radius 3 is 2.14 bits per heavy atom. The van der Waals surface area contributed by atoms with E-state index >= 15 is 0 Å². The molecular formula is C32H25N3O. The maximum absolute atomic E-state index is 14.1. The van der Waals surface area contributed by atoms with Crippen molar-refractivity contribution in [1.29, 1.82) is 10.5 Å². The summed E-state index contributed by atoms with van der Waals surface area (Å²) in [6.07, 6.45) is 6.15. The number of allylic oxidation sites excluding steroid dienone is 1. The van der Waals surface area contributed by atoms with E-state index in [1.807, 2.05) is 60.7 Å². The normalized spacial score (nSPS) is 23.7. The Kier molecular flexibility index (Phi) is 5.51. The molecule has 6 rings (SSSR count). The third-order valence-corrected chi connectivity index (χ3v) is 7.77. The minimum absolute atomic E-state index is 0.0780. The summed E-state index contributed by atoms with van der Waals surface area (Å²) in [4.78, 5) is 16.3. The molecule has 4 atom stereocenters. The van der Waals surface area contributed by atoms with Gasteiger partial charge in [-0.05, 0) is 41.2 Å². The van der Waals surface area contributed by atoms with Crippen LogP contribution in [0.3, 0.4) is 0 Å². The van der Waals surface area contributed by atoms with E-state index < -0.39 is 0 Å². The van der Waals surface area contributed by atoms with Crippen molar-refractivity contribution >= 4 is 23.1 Å². The third-order valence-electron chi connectivity index (χ3n) is 7.77. The van der Waals surface area contributed by atoms with Crippen molar-refractivity contribution in [3.8, 4) is 12.1 Å². The first-order chi connectivity index (χ1) is 17.7. The number of ketones is 1. The topological polar surface area (TPSA) is 67.9 Å². The molecule has 3 aromatic carbocycles. The lowest BCUT2D eigenvalue weighted by molar-refractivity contribution is -0.121. The SMILES string of the molecule is N#CC(C#N)=C(c1ccccc1)[C@@H]1[C@H](c2ccccc2)[C@H](C(=O)C2CC2)N2c3ccccc3C=C[C@@H]12. The minimum Gasteiger partial charge on any atom is -0.353 e. The van der Waals surface area contributed by atoms with E-state index in [4.69, 9.17) is 0 Å². The first-order valence-corrected chi connectivity index (χ1v) is 12.5. The number of para-hydroxylation sites is 1. The molecule has 2 aliphatic heterocycles. The molecule has 4 nitrogen and oxygen atoms in total. The molecule has 3 aromatic rings. The summed E-state index contributed by atoms with van der Waals surface area (Å²) in [6, 6.07) is 31.9. The van der Waals surface area contributed by atoms with Crippen LogP contribution in [0.4, 0.5) is 5.69 Å². The van der Waals surface area contributed by atoms with Crippen LogP contribution in [0.1, 0.15) is 35.4 Å². The van der Waals surface area contributed by atoms with E-state index in [0.29, 0.717) is 0 Å². The average Bonchev–Trinajstić information content (AvgIpc) is 3.73. The number of nitrogens with zero attached hydrogens (tertiary/aromatic N) is 3. The van der Waals surface area contributed by atoms with Crippen molar-refractivity contribution in [3.63, 3.8) is 0 Å². The van der Waals surface area contributed by atoms with E-state index in [-0.39, 0.29) is 41.2 Å². The van der Waals surface area contributed by atoms with Gasteiger partial charge >= 0.3 is 0 Å². The molecule has 1 aliphatic carbocycles. The van der Waals surface area contributed by atoms with Crippen molar-refractivity contribution in [2.75, 3.05) is 4.90 Å². The summed E-state index contributed by atoms with van der Waals surface area (Å²) in [7, 11) is 0. The van der Waals surface area contributed by atoms with Crippen molar-refractivity contribution in [2.24, 2.45) is 11.8 Å². The highest BCUT2D eigenvalue weighted by atomic mass is 16.1. The predicted octanol–water partition coefficient (Wildman–Crippen LogP) is 6.15. The summed E-state index contributed by atoms with van der Waals surface area (Å²) in [5, 5.41) is 20.1. The maximum atomic E-state index is 14.1. The number of hydrogen-bond acceptors (Lipinski definition) is 4. The molecule has 1 saturated carbocycles. The van der Waals surface area contributed by atoms with Crippen molar-refractivity contribution in [2.45, 2.75) is 30.8 Å². The molecule has 0 spiro atoms. The fourth-order valence-electron chi connectivity index (χ4n) is 6.13. The first-order valence-electron chi connectivity index (χ1n) is 12.5. The number of benzene rings is 3. The van der Waals surface area contributed by atoms with E-state index in [1.165, 1.54) is 0 Å². The first kappa shape index (κ1) is 22.1. The fourth-order valence-corrected chi connectivity index (χ4v) is 6.13. The van der Waals surface area contributed by atoms with Crippen molar-refractivity contribution in [1.82, 2.24) is 0 Å². The maximum Gasteiger partial charge on any atom is 0.158 e. The van der Waals surface area contributed by atoms with Crippen LogP contribution in [0.2, 0.25) is 0 Å². The van der Waals surface area contributed by atoms with Gasteiger partial charge in [-0.15, -0.1) is 0 Å². The summed E-state index contributed by atoms with van der Waals surface area (Å²) in [5.74, 6) is -0.105. The van der Waals surface area contributed by atoms with Crippen LogP contribution in [0, 0.1) is 34.5 Å². The lowest BCUT2D eigenvalue weighted by Crippen LogP contribution is -2.44. The molecule has 1 saturated heterocycles. The summed E-state index contributed by atoms with van der Waals surface area (Å²) in [6.45, 7) is 0. The molecule has 174 valence electrons. The fraction of sp³-hybridized carbons (Fsp3) is 0.219. The Hall–Kier alpha value is -4.41. The number of hydrogen-bond donors (Lipinski definition) is 0. The molecule has 0 aromatic heterocycles. The van der Waals surface area contributed by atoms with Crippen LogP contribution in [0.5, 0.6) is 0 Å². The smallest absolute Gasteiger partial charge is 0.158 e. The molecule has 0 unspecified atom stereocenters. The quantitative estimate of drug-likeness (QED) is 0.422. The molecule has 0 amide bonds. The second-order valence-corrected chi connectivity index (χ2v) is 9.78. The molecule has 0 radical (unpaired) electrons. The number of anilines is 1. The molecule has 0 N–H and O–H groups in total. The Morgan fingerprint density at radius 1 is 0.833 bits per heavy atom. The van der Waals surface area contributed by atoms with Gasteiger partial charge in [0.1, 0.15) is 17.7 Å². The van der Waals surface area contributed by atoms with E-state index in [1.54, 1.807) is 0 Å². The highest BCUT2D eigenvalue weighted by Crippen LogP contribution is 2.55. The van der Waals surface area contributed by atoms with E-state index in [9.17, 15) is 15.3 Å². The van der Waals surface area contributed by atoms with Crippen LogP contribution >= 0.6 is 0 Å². The van der Waals surface area contributed by atoms with Gasteiger partial charge < -0.3 is 4.90 Å². The van der Waals surface area contributed by atoms with Gasteiger partial charge in [0.25, 0.3) is 0 Å². The zero-order valence-electron chi connectivity index (χ0n) is 19.8. The molecular weight excluding hydrogens is 442 g/mol. The van der Waals surface area contributed by atoms with E-state index in [0.717, 1.165) is 40.8 Å². The zero-order valence-corrected chi connectivity index (χ0v) is 19.8. The predicted molar refractivity (Wildman–Crippen MR) is 141 cm³/mol. The third kappa shape index (κ3) is 3.55. The lowest BCUT2D eigenvalue weighted by Gasteiger charge is -2.36. The van der Waals surface area contributed by atoms with E-state index in [2.05, 4.69) is 53.5 Å². The van der Waals surface area contributed by atoms with Gasteiger partial charge in [0.05, 0.1) is 12.1 Å². The van der Waals surface area contributed by atoms with Crippen LogP contribution in [0.25, 0.3) is 11.6 Å². The van der Waals surface area contributed by atoms with Gasteiger partial charge in [-0.25, -0.2) is 0 Å². The van der Waals surface area contributed by atoms with Gasteiger partial charge in [-0.1, -0.05) is 91.0 Å². The zero-order chi connectivity index (χ0) is 24.6. The minimum atomic E-state index is -0.377. The molecule has 36 heavy (non-hydrogen) atoms. The second kappa shape index (κ2) is 8.99. The summed E-state index contributed by atoms with van der Waals surface area (Å²) in [5.41, 5.74) is 4.87. The second-order valence-electron chi connectivity index (χ2n) is 9.78. The molecule has 2 fully saturated rings. The van der Waals surface area contributed by atoms with Gasteiger partial charge in [0, 0.05) is 23.4 Å². The summed E-state index contributed by atoms with van der Waals surface area (Å²) < 4.78 is 0. The lowest BCUT2D eigenvalue weighted by atomic mass is 9.73. The number of carbonyl (C=O) groups excluding carboxylic acids is 1. The highest BCUT2D eigenvalue weighted by Gasteiger charge is 2.56. The van der Waals surface area contributed by atoms with Crippen molar-refractivity contribution < 1.29 is 4.79 Å². The van der Waals surface area contributed by atoms with Gasteiger partial charge in [-0.3, -0.25) is 4.79 Å². The van der Waals surface area contributed by atoms with Gasteiger partial charge in [-0.2, -0.15) is 10.5 Å². The van der Waals surface area contributed by atoms with Crippen molar-refractivity contribution in [3.05, 3.63) is 113 Å². The number of Topliss-reactive ketones (excluding diaryl/α,β-unsaturated/α-hetero) is 1. The van der Waals surface area contributed by atoms with Crippen LogP contribution in [-0.4, -0.2) is 17.9 Å². The number of rotatable bonds is 5. The molecule has 0 bridgehead atoms. The van der Waals surface area contributed by atoms with Gasteiger partial charge in [0.15, 0.2) is 5.78 Å². The molecule has 3 aliphatic rings. The Labute approximate surface area is 211 Å². The summed E-state index contributed by atoms with van der Waals surface area (Å²) >= 11 is 0. The Bertz CT molecular complexity index is 1440. The number of nitriles is 2. The average molecular weight is 468 g/mol. The highest BCUT2D eigenvalue weighted by molar-refractivity contribution is 5.96. The largest absolute Gasteiger partial charge is 0.353 e. The van der Waals surface area contributed by atoms with Crippen LogP contribution in [0.15, 0.2) is 96.6 Å². The Balaban J connectivity index is 1.65. The standard InChI is InChI=1S/C32H25N3O/c33-19-25(20-34)28(22-10-3-1-4-11-22)30-27-18-17-21-9-7-8-14-26(21)35(27)31(32(36)24-15-16-24)29(30)23-12-5-2-6-13-23/h1-14,17-18,24,27,29-31H,15-16H2/t27-,29-,30+,31+/m0/s1. The molecule has 2 heterocycles. The molecule has 4 heteroatoms.